The molecule has 0 aliphatic carbocycles. The number of nitrogens with one attached hydrogen (secondary N) is 1. The lowest BCUT2D eigenvalue weighted by molar-refractivity contribution is -0.119. The molecule has 0 aliphatic rings. The van der Waals surface area contributed by atoms with E-state index < -0.39 is 15.9 Å². The highest BCUT2D eigenvalue weighted by Crippen LogP contribution is 2.27. The molecule has 186 valence electrons. The summed E-state index contributed by atoms with van der Waals surface area (Å²) in [4.78, 5) is 17.3. The van der Waals surface area contributed by atoms with Crippen LogP contribution in [0, 0.1) is 13.8 Å². The van der Waals surface area contributed by atoms with Crippen LogP contribution < -0.4 is 14.4 Å². The maximum absolute atomic E-state index is 13.5. The topological polar surface area (TPSA) is 93.5 Å². The van der Waals surface area contributed by atoms with Crippen molar-refractivity contribution in [3.05, 3.63) is 102 Å². The number of sulfonamides is 1. The molecule has 4 aromatic rings. The fourth-order valence-electron chi connectivity index (χ4n) is 3.73. The molecule has 9 heteroatoms. The third-order valence-corrected chi connectivity index (χ3v) is 7.56. The summed E-state index contributed by atoms with van der Waals surface area (Å²) in [5, 5.41) is 2.83. The standard InChI is InChI=1S/C27H28N4O4S/c1-20-7-13-26(14-8-20)36(33,34)31(24-5-4-6-25(17-24)35-3)19-27(32)29-18-22-9-11-23(12-10-22)30-16-15-28-21(30)2/h4-17H,18-19H2,1-3H3,(H,29,32). The number of amides is 1. The molecular formula is C27H28N4O4S. The van der Waals surface area contributed by atoms with Gasteiger partial charge < -0.3 is 14.6 Å². The summed E-state index contributed by atoms with van der Waals surface area (Å²) < 4.78 is 35.4. The molecule has 0 bridgehead atoms. The van der Waals surface area contributed by atoms with E-state index in [2.05, 4.69) is 10.3 Å². The molecule has 1 aromatic heterocycles. The second-order valence-electron chi connectivity index (χ2n) is 8.31. The van der Waals surface area contributed by atoms with Gasteiger partial charge in [0, 0.05) is 30.7 Å². The Morgan fingerprint density at radius 2 is 1.75 bits per heavy atom. The molecule has 0 radical (unpaired) electrons. The molecule has 0 saturated heterocycles. The zero-order valence-corrected chi connectivity index (χ0v) is 21.2. The Bertz CT molecular complexity index is 1450. The number of aryl methyl sites for hydroxylation is 2. The summed E-state index contributed by atoms with van der Waals surface area (Å²) in [5.41, 5.74) is 3.13. The summed E-state index contributed by atoms with van der Waals surface area (Å²) in [5.74, 6) is 0.941. The molecule has 1 N–H and O–H groups in total. The van der Waals surface area contributed by atoms with E-state index in [1.807, 2.05) is 48.9 Å². The van der Waals surface area contributed by atoms with Gasteiger partial charge >= 0.3 is 0 Å². The van der Waals surface area contributed by atoms with Gasteiger partial charge in [-0.2, -0.15) is 0 Å². The van der Waals surface area contributed by atoms with Gasteiger partial charge in [-0.05, 0) is 55.8 Å². The van der Waals surface area contributed by atoms with Gasteiger partial charge in [-0.25, -0.2) is 13.4 Å². The summed E-state index contributed by atoms with van der Waals surface area (Å²) in [6.07, 6.45) is 3.62. The maximum Gasteiger partial charge on any atom is 0.264 e. The lowest BCUT2D eigenvalue weighted by Crippen LogP contribution is -2.40. The minimum Gasteiger partial charge on any atom is -0.497 e. The number of carbonyl (C=O) groups excluding carboxylic acids is 1. The SMILES string of the molecule is COc1cccc(N(CC(=O)NCc2ccc(-n3ccnc3C)cc2)S(=O)(=O)c2ccc(C)cc2)c1. The van der Waals surface area contributed by atoms with Crippen LogP contribution in [-0.2, 0) is 21.4 Å². The van der Waals surface area contributed by atoms with E-state index in [9.17, 15) is 13.2 Å². The fraction of sp³-hybridized carbons (Fsp3) is 0.185. The van der Waals surface area contributed by atoms with Gasteiger partial charge in [-0.3, -0.25) is 9.10 Å². The number of hydrogen-bond acceptors (Lipinski definition) is 5. The van der Waals surface area contributed by atoms with Crippen LogP contribution in [0.15, 0.2) is 90.1 Å². The minimum absolute atomic E-state index is 0.106. The zero-order chi connectivity index (χ0) is 25.7. The van der Waals surface area contributed by atoms with Crippen molar-refractivity contribution in [1.29, 1.82) is 0 Å². The average Bonchev–Trinajstić information content (AvgIpc) is 3.32. The number of methoxy groups -OCH3 is 1. The average molecular weight is 505 g/mol. The fourth-order valence-corrected chi connectivity index (χ4v) is 5.14. The number of benzene rings is 3. The molecule has 0 fully saturated rings. The van der Waals surface area contributed by atoms with E-state index in [-0.39, 0.29) is 18.0 Å². The van der Waals surface area contributed by atoms with Crippen LogP contribution in [0.3, 0.4) is 0 Å². The van der Waals surface area contributed by atoms with Crippen molar-refractivity contribution < 1.29 is 17.9 Å². The largest absolute Gasteiger partial charge is 0.497 e. The second-order valence-corrected chi connectivity index (χ2v) is 10.2. The molecule has 4 rings (SSSR count). The third kappa shape index (κ3) is 5.58. The molecule has 1 heterocycles. The van der Waals surface area contributed by atoms with Gasteiger partial charge in [0.1, 0.15) is 18.1 Å². The predicted molar refractivity (Wildman–Crippen MR) is 139 cm³/mol. The van der Waals surface area contributed by atoms with Crippen molar-refractivity contribution in [2.24, 2.45) is 0 Å². The molecule has 1 amide bonds. The molecular weight excluding hydrogens is 476 g/mol. The van der Waals surface area contributed by atoms with E-state index in [0.29, 0.717) is 11.4 Å². The summed E-state index contributed by atoms with van der Waals surface area (Å²) in [6, 6.07) is 20.9. The van der Waals surface area contributed by atoms with Gasteiger partial charge in [-0.15, -0.1) is 0 Å². The summed E-state index contributed by atoms with van der Waals surface area (Å²) >= 11 is 0. The number of carbonyl (C=O) groups is 1. The zero-order valence-electron chi connectivity index (χ0n) is 20.4. The van der Waals surface area contributed by atoms with Crippen molar-refractivity contribution in [3.63, 3.8) is 0 Å². The summed E-state index contributed by atoms with van der Waals surface area (Å²) in [6.45, 7) is 3.69. The predicted octanol–water partition coefficient (Wildman–Crippen LogP) is 4.01. The number of ether oxygens (including phenoxy) is 1. The Hall–Kier alpha value is -4.11. The number of aromatic nitrogens is 2. The first-order valence-electron chi connectivity index (χ1n) is 11.4. The Balaban J connectivity index is 1.52. The highest BCUT2D eigenvalue weighted by atomic mass is 32.2. The van der Waals surface area contributed by atoms with Crippen LogP contribution in [0.5, 0.6) is 5.75 Å². The van der Waals surface area contributed by atoms with E-state index in [1.165, 1.54) is 7.11 Å². The lowest BCUT2D eigenvalue weighted by Gasteiger charge is -2.24. The molecule has 8 nitrogen and oxygen atoms in total. The first-order valence-corrected chi connectivity index (χ1v) is 12.8. The molecule has 0 spiro atoms. The number of anilines is 1. The van der Waals surface area contributed by atoms with Gasteiger partial charge in [0.25, 0.3) is 10.0 Å². The second kappa shape index (κ2) is 10.7. The normalized spacial score (nSPS) is 11.2. The first kappa shape index (κ1) is 25.0. The van der Waals surface area contributed by atoms with E-state index in [0.717, 1.165) is 26.9 Å². The molecule has 36 heavy (non-hydrogen) atoms. The van der Waals surface area contributed by atoms with Crippen molar-refractivity contribution >= 4 is 21.6 Å². The molecule has 0 atom stereocenters. The molecule has 0 saturated carbocycles. The number of rotatable bonds is 9. The first-order chi connectivity index (χ1) is 17.3. The van der Waals surface area contributed by atoms with Crippen molar-refractivity contribution in [3.8, 4) is 11.4 Å². The Morgan fingerprint density at radius 1 is 1.03 bits per heavy atom. The maximum atomic E-state index is 13.5. The highest BCUT2D eigenvalue weighted by molar-refractivity contribution is 7.92. The monoisotopic (exact) mass is 504 g/mol. The lowest BCUT2D eigenvalue weighted by atomic mass is 10.2. The third-order valence-electron chi connectivity index (χ3n) is 5.77. The number of imidazole rings is 1. The van der Waals surface area contributed by atoms with Crippen molar-refractivity contribution in [1.82, 2.24) is 14.9 Å². The van der Waals surface area contributed by atoms with E-state index in [4.69, 9.17) is 4.74 Å². The van der Waals surface area contributed by atoms with E-state index >= 15 is 0 Å². The van der Waals surface area contributed by atoms with Crippen LogP contribution in [0.2, 0.25) is 0 Å². The van der Waals surface area contributed by atoms with Crippen molar-refractivity contribution in [2.75, 3.05) is 18.0 Å². The Morgan fingerprint density at radius 3 is 2.39 bits per heavy atom. The molecule has 0 unspecified atom stereocenters. The van der Waals surface area contributed by atoms with Gasteiger partial charge in [0.2, 0.25) is 5.91 Å². The van der Waals surface area contributed by atoms with Crippen molar-refractivity contribution in [2.45, 2.75) is 25.3 Å². The van der Waals surface area contributed by atoms with Gasteiger partial charge in [-0.1, -0.05) is 35.9 Å². The van der Waals surface area contributed by atoms with Crippen LogP contribution in [-0.4, -0.2) is 37.5 Å². The van der Waals surface area contributed by atoms with Gasteiger partial charge in [0.05, 0.1) is 17.7 Å². The van der Waals surface area contributed by atoms with E-state index in [1.54, 1.807) is 54.7 Å². The number of hydrogen-bond donors (Lipinski definition) is 1. The summed E-state index contributed by atoms with van der Waals surface area (Å²) in [7, 11) is -2.50. The van der Waals surface area contributed by atoms with Crippen LogP contribution >= 0.6 is 0 Å². The van der Waals surface area contributed by atoms with Crippen LogP contribution in [0.25, 0.3) is 5.69 Å². The Labute approximate surface area is 211 Å². The van der Waals surface area contributed by atoms with Crippen LogP contribution in [0.4, 0.5) is 5.69 Å². The highest BCUT2D eigenvalue weighted by Gasteiger charge is 2.27. The molecule has 3 aromatic carbocycles. The number of nitrogens with zero attached hydrogens (tertiary/aromatic N) is 3. The smallest absolute Gasteiger partial charge is 0.264 e. The van der Waals surface area contributed by atoms with Gasteiger partial charge in [0.15, 0.2) is 0 Å². The quantitative estimate of drug-likeness (QED) is 0.372. The molecule has 0 aliphatic heterocycles. The minimum atomic E-state index is -4.00. The van der Waals surface area contributed by atoms with Crippen LogP contribution in [0.1, 0.15) is 17.0 Å². The Kier molecular flexibility index (Phi) is 7.40.